The van der Waals surface area contributed by atoms with Crippen molar-refractivity contribution >= 4 is 47.6 Å². The Balaban J connectivity index is 1.99. The Kier molecular flexibility index (Phi) is 22.5. The fourth-order valence-corrected chi connectivity index (χ4v) is 5.66. The molecule has 0 unspecified atom stereocenters. The highest BCUT2D eigenvalue weighted by Crippen LogP contribution is 2.10. The second kappa shape index (κ2) is 26.8. The van der Waals surface area contributed by atoms with Gasteiger partial charge in [0.25, 0.3) is 0 Å². The average Bonchev–Trinajstić information content (AvgIpc) is 3.15. The first-order valence-electron chi connectivity index (χ1n) is 17.8. The lowest BCUT2D eigenvalue weighted by molar-refractivity contribution is -0.127. The molecule has 0 bridgehead atoms. The number of carbonyl (C=O) groups is 6. The van der Waals surface area contributed by atoms with E-state index < -0.39 is 36.1 Å². The normalized spacial score (nSPS) is 11.9. The Hall–Kier alpha value is -4.87. The van der Waals surface area contributed by atoms with Gasteiger partial charge in [-0.3, -0.25) is 19.2 Å². The first-order chi connectivity index (χ1) is 25.9. The minimum Gasteiger partial charge on any atom is -0.445 e. The molecule has 0 spiro atoms. The van der Waals surface area contributed by atoms with Gasteiger partial charge < -0.3 is 51.2 Å². The Morgan fingerprint density at radius 1 is 0.611 bits per heavy atom. The van der Waals surface area contributed by atoms with Crippen LogP contribution in [-0.4, -0.2) is 137 Å². The van der Waals surface area contributed by atoms with E-state index in [9.17, 15) is 28.8 Å². The molecule has 0 saturated heterocycles. The maximum atomic E-state index is 13.2. The van der Waals surface area contributed by atoms with Gasteiger partial charge in [0.2, 0.25) is 23.6 Å². The van der Waals surface area contributed by atoms with Crippen molar-refractivity contribution in [2.24, 2.45) is 0 Å². The molecule has 0 saturated carbocycles. The molecule has 54 heavy (non-hydrogen) atoms. The highest BCUT2D eigenvalue weighted by molar-refractivity contribution is 7.99. The summed E-state index contributed by atoms with van der Waals surface area (Å²) in [4.78, 5) is 80.4. The quantitative estimate of drug-likeness (QED) is 0.0790. The molecule has 0 aliphatic rings. The number of nitrogens with one attached hydrogen (secondary N) is 6. The van der Waals surface area contributed by atoms with Crippen molar-refractivity contribution in [3.63, 3.8) is 0 Å². The SMILES string of the molecule is CN(C)CCCNC(=O)CNC(=O)[C@H](CCSC[C@H](NC(=O)OCc1ccccc1)C(=O)NCC(=O)NCCCN(C)C)NC(=O)OCc1ccccc1. The standard InChI is InChI=1S/C37H56N8O8S/c1-44(2)20-11-18-38-32(46)23-40-34(48)30(42-36(50)52-25-28-13-7-5-8-14-28)17-22-54-27-31(43-37(51)53-26-29-15-9-6-10-16-29)35(49)41-24-33(47)39-19-12-21-45(3)4/h5-10,13-16,30-31H,11-12,17-27H2,1-4H3,(H,38,46)(H,39,47)(H,40,48)(H,41,49)(H,42,50)(H,43,51)/t30-,31-/m0/s1. The Bertz CT molecular complexity index is 1330. The molecule has 2 rings (SSSR count). The van der Waals surface area contributed by atoms with Crippen LogP contribution in [0.1, 0.15) is 30.4 Å². The third kappa shape index (κ3) is 21.6. The van der Waals surface area contributed by atoms with Crippen molar-refractivity contribution in [1.82, 2.24) is 41.7 Å². The van der Waals surface area contributed by atoms with Crippen LogP contribution in [-0.2, 0) is 41.9 Å². The molecule has 2 atom stereocenters. The van der Waals surface area contributed by atoms with Gasteiger partial charge in [-0.25, -0.2) is 9.59 Å². The van der Waals surface area contributed by atoms with E-state index in [0.29, 0.717) is 13.1 Å². The van der Waals surface area contributed by atoms with E-state index >= 15 is 0 Å². The molecule has 0 aromatic heterocycles. The minimum absolute atomic E-state index is 0.0118. The van der Waals surface area contributed by atoms with Gasteiger partial charge in [0, 0.05) is 18.8 Å². The van der Waals surface area contributed by atoms with Crippen LogP contribution in [0.15, 0.2) is 60.7 Å². The summed E-state index contributed by atoms with van der Waals surface area (Å²) in [5.41, 5.74) is 1.52. The first kappa shape index (κ1) is 45.3. The van der Waals surface area contributed by atoms with E-state index in [4.69, 9.17) is 9.47 Å². The third-order valence-electron chi connectivity index (χ3n) is 7.53. The van der Waals surface area contributed by atoms with E-state index in [1.807, 2.05) is 74.4 Å². The van der Waals surface area contributed by atoms with Crippen LogP contribution in [0.3, 0.4) is 0 Å². The van der Waals surface area contributed by atoms with Gasteiger partial charge in [0.05, 0.1) is 13.1 Å². The van der Waals surface area contributed by atoms with Gasteiger partial charge in [0.15, 0.2) is 0 Å². The molecule has 0 aliphatic carbocycles. The van der Waals surface area contributed by atoms with E-state index in [1.54, 1.807) is 24.3 Å². The van der Waals surface area contributed by atoms with Crippen molar-refractivity contribution in [2.75, 3.05) is 79.0 Å². The fraction of sp³-hybridized carbons (Fsp3) is 0.514. The largest absolute Gasteiger partial charge is 0.445 e. The Labute approximate surface area is 322 Å². The second-order valence-corrected chi connectivity index (χ2v) is 14.0. The van der Waals surface area contributed by atoms with Crippen LogP contribution in [0.25, 0.3) is 0 Å². The smallest absolute Gasteiger partial charge is 0.408 e. The van der Waals surface area contributed by atoms with Crippen LogP contribution in [0.5, 0.6) is 0 Å². The molecule has 0 aliphatic heterocycles. The molecule has 6 amide bonds. The van der Waals surface area contributed by atoms with Crippen LogP contribution in [0, 0.1) is 0 Å². The molecule has 0 fully saturated rings. The van der Waals surface area contributed by atoms with Crippen molar-refractivity contribution in [2.45, 2.75) is 44.6 Å². The molecular formula is C37H56N8O8S. The van der Waals surface area contributed by atoms with Gasteiger partial charge >= 0.3 is 12.2 Å². The zero-order valence-corrected chi connectivity index (χ0v) is 32.5. The van der Waals surface area contributed by atoms with Crippen molar-refractivity contribution in [3.05, 3.63) is 71.8 Å². The molecule has 0 radical (unpaired) electrons. The predicted octanol–water partition coefficient (Wildman–Crippen LogP) is 1.07. The zero-order valence-electron chi connectivity index (χ0n) is 31.7. The molecule has 0 heterocycles. The topological polar surface area (TPSA) is 200 Å². The van der Waals surface area contributed by atoms with Gasteiger partial charge in [0.1, 0.15) is 25.3 Å². The number of nitrogens with zero attached hydrogens (tertiary/aromatic N) is 2. The lowest BCUT2D eigenvalue weighted by Gasteiger charge is -2.20. The minimum atomic E-state index is -1.09. The fourth-order valence-electron chi connectivity index (χ4n) is 4.62. The van der Waals surface area contributed by atoms with E-state index in [0.717, 1.165) is 37.1 Å². The van der Waals surface area contributed by atoms with Crippen LogP contribution < -0.4 is 31.9 Å². The molecule has 17 heteroatoms. The van der Waals surface area contributed by atoms with Crippen molar-refractivity contribution < 1.29 is 38.2 Å². The summed E-state index contributed by atoms with van der Waals surface area (Å²) in [6.07, 6.45) is -0.0674. The van der Waals surface area contributed by atoms with Gasteiger partial charge in [-0.05, 0) is 77.4 Å². The molecule has 2 aromatic rings. The third-order valence-corrected chi connectivity index (χ3v) is 8.63. The lowest BCUT2D eigenvalue weighted by atomic mass is 10.2. The summed E-state index contributed by atoms with van der Waals surface area (Å²) in [6, 6.07) is 15.9. The van der Waals surface area contributed by atoms with Crippen molar-refractivity contribution in [3.8, 4) is 0 Å². The number of benzene rings is 2. The average molecular weight is 773 g/mol. The summed E-state index contributed by atoms with van der Waals surface area (Å²) >= 11 is 1.23. The molecule has 2 aromatic carbocycles. The van der Waals surface area contributed by atoms with E-state index in [2.05, 4.69) is 31.9 Å². The van der Waals surface area contributed by atoms with Gasteiger partial charge in [-0.1, -0.05) is 60.7 Å². The first-order valence-corrected chi connectivity index (χ1v) is 19.0. The summed E-state index contributed by atoms with van der Waals surface area (Å²) in [5.74, 6) is -1.63. The summed E-state index contributed by atoms with van der Waals surface area (Å²) in [7, 11) is 7.73. The van der Waals surface area contributed by atoms with Crippen LogP contribution >= 0.6 is 11.8 Å². The number of rotatable bonds is 25. The number of hydrogen-bond acceptors (Lipinski definition) is 11. The molecule has 6 N–H and O–H groups in total. The highest BCUT2D eigenvalue weighted by atomic mass is 32.2. The number of alkyl carbamates (subject to hydrolysis) is 2. The maximum Gasteiger partial charge on any atom is 0.408 e. The zero-order chi connectivity index (χ0) is 39.6. The van der Waals surface area contributed by atoms with Gasteiger partial charge in [-0.15, -0.1) is 0 Å². The van der Waals surface area contributed by atoms with Crippen LogP contribution in [0.4, 0.5) is 9.59 Å². The molecule has 298 valence electrons. The van der Waals surface area contributed by atoms with Gasteiger partial charge in [-0.2, -0.15) is 11.8 Å². The second-order valence-electron chi connectivity index (χ2n) is 12.8. The number of thioether (sulfide) groups is 1. The van der Waals surface area contributed by atoms with E-state index in [1.165, 1.54) is 11.8 Å². The monoisotopic (exact) mass is 772 g/mol. The number of ether oxygens (including phenoxy) is 2. The van der Waals surface area contributed by atoms with E-state index in [-0.39, 0.29) is 56.0 Å². The highest BCUT2D eigenvalue weighted by Gasteiger charge is 2.25. The maximum absolute atomic E-state index is 13.2. The molecular weight excluding hydrogens is 717 g/mol. The van der Waals surface area contributed by atoms with Crippen molar-refractivity contribution in [1.29, 1.82) is 0 Å². The predicted molar refractivity (Wildman–Crippen MR) is 207 cm³/mol. The number of hydrogen-bond donors (Lipinski definition) is 6. The van der Waals surface area contributed by atoms with Crippen LogP contribution in [0.2, 0.25) is 0 Å². The number of carbonyl (C=O) groups excluding carboxylic acids is 6. The Morgan fingerprint density at radius 3 is 1.48 bits per heavy atom. The Morgan fingerprint density at radius 2 is 1.04 bits per heavy atom. The molecule has 16 nitrogen and oxygen atoms in total. The summed E-state index contributed by atoms with van der Waals surface area (Å²) in [5, 5.41) is 15.8. The number of amides is 6. The lowest BCUT2D eigenvalue weighted by Crippen LogP contribution is -2.51. The summed E-state index contributed by atoms with van der Waals surface area (Å²) in [6.45, 7) is 1.88. The summed E-state index contributed by atoms with van der Waals surface area (Å²) < 4.78 is 10.6.